The van der Waals surface area contributed by atoms with Crippen molar-refractivity contribution >= 4 is 11.3 Å². The van der Waals surface area contributed by atoms with Gasteiger partial charge in [0.15, 0.2) is 0 Å². The van der Waals surface area contributed by atoms with Gasteiger partial charge in [0.25, 0.3) is 0 Å². The van der Waals surface area contributed by atoms with E-state index in [1.807, 2.05) is 17.5 Å². The molecule has 1 saturated carbocycles. The van der Waals surface area contributed by atoms with E-state index in [9.17, 15) is 0 Å². The van der Waals surface area contributed by atoms with Crippen molar-refractivity contribution in [1.82, 2.24) is 10.3 Å². The summed E-state index contributed by atoms with van der Waals surface area (Å²) >= 11 is 1.82. The number of aromatic nitrogens is 1. The second-order valence-electron chi connectivity index (χ2n) is 6.00. The Morgan fingerprint density at radius 2 is 1.90 bits per heavy atom. The van der Waals surface area contributed by atoms with Crippen LogP contribution in [0.15, 0.2) is 30.5 Å². The van der Waals surface area contributed by atoms with Crippen LogP contribution in [0.2, 0.25) is 0 Å². The van der Waals surface area contributed by atoms with Crippen molar-refractivity contribution in [1.29, 1.82) is 0 Å². The minimum atomic E-state index is 0.693. The SMILES string of the molecule is Cc1ccccc1-c1cnc(CNC2CCCCCC2)s1. The molecule has 2 nitrogen and oxygen atoms in total. The fraction of sp³-hybridized carbons (Fsp3) is 0.500. The van der Waals surface area contributed by atoms with Gasteiger partial charge in [-0.15, -0.1) is 11.3 Å². The van der Waals surface area contributed by atoms with Gasteiger partial charge in [-0.25, -0.2) is 4.98 Å². The molecule has 0 saturated heterocycles. The smallest absolute Gasteiger partial charge is 0.107 e. The van der Waals surface area contributed by atoms with E-state index in [4.69, 9.17) is 0 Å². The van der Waals surface area contributed by atoms with Crippen molar-refractivity contribution in [3.8, 4) is 10.4 Å². The van der Waals surface area contributed by atoms with Crippen molar-refractivity contribution in [3.63, 3.8) is 0 Å². The number of hydrogen-bond donors (Lipinski definition) is 1. The maximum Gasteiger partial charge on any atom is 0.107 e. The van der Waals surface area contributed by atoms with Crippen LogP contribution >= 0.6 is 11.3 Å². The Morgan fingerprint density at radius 3 is 2.67 bits per heavy atom. The standard InChI is InChI=1S/C18H24N2S/c1-14-8-6-7-11-16(14)17-12-20-18(21-17)13-19-15-9-4-2-3-5-10-15/h6-8,11-12,15,19H,2-5,9-10,13H2,1H3. The van der Waals surface area contributed by atoms with Crippen LogP contribution in [0.4, 0.5) is 0 Å². The lowest BCUT2D eigenvalue weighted by atomic mass is 10.1. The van der Waals surface area contributed by atoms with Crippen molar-refractivity contribution in [2.45, 2.75) is 58.0 Å². The van der Waals surface area contributed by atoms with E-state index in [1.54, 1.807) is 0 Å². The van der Waals surface area contributed by atoms with E-state index < -0.39 is 0 Å². The predicted molar refractivity (Wildman–Crippen MR) is 90.6 cm³/mol. The lowest BCUT2D eigenvalue weighted by Crippen LogP contribution is -2.27. The van der Waals surface area contributed by atoms with E-state index in [-0.39, 0.29) is 0 Å². The average Bonchev–Trinajstić information content (AvgIpc) is 2.81. The highest BCUT2D eigenvalue weighted by Gasteiger charge is 2.12. The van der Waals surface area contributed by atoms with Crippen LogP contribution in [-0.4, -0.2) is 11.0 Å². The van der Waals surface area contributed by atoms with E-state index in [0.29, 0.717) is 6.04 Å². The van der Waals surface area contributed by atoms with E-state index in [1.165, 1.54) is 59.5 Å². The fourth-order valence-corrected chi connectivity index (χ4v) is 4.04. The number of hydrogen-bond acceptors (Lipinski definition) is 3. The first-order valence-electron chi connectivity index (χ1n) is 8.07. The molecule has 1 fully saturated rings. The molecule has 1 aliphatic carbocycles. The Morgan fingerprint density at radius 1 is 1.14 bits per heavy atom. The largest absolute Gasteiger partial charge is 0.308 e. The maximum absolute atomic E-state index is 4.60. The Hall–Kier alpha value is -1.19. The van der Waals surface area contributed by atoms with Crippen molar-refractivity contribution < 1.29 is 0 Å². The molecule has 1 N–H and O–H groups in total. The predicted octanol–water partition coefficient (Wildman–Crippen LogP) is 4.93. The molecule has 0 aliphatic heterocycles. The summed E-state index contributed by atoms with van der Waals surface area (Å²) in [6.45, 7) is 3.08. The molecule has 1 aliphatic rings. The second kappa shape index (κ2) is 7.19. The third-order valence-corrected chi connectivity index (χ3v) is 5.39. The first-order valence-corrected chi connectivity index (χ1v) is 8.88. The fourth-order valence-electron chi connectivity index (χ4n) is 3.08. The lowest BCUT2D eigenvalue weighted by Gasteiger charge is -2.14. The van der Waals surface area contributed by atoms with Gasteiger partial charge in [-0.3, -0.25) is 0 Å². The normalized spacial score (nSPS) is 16.8. The molecule has 0 unspecified atom stereocenters. The number of rotatable bonds is 4. The van der Waals surface area contributed by atoms with Crippen LogP contribution < -0.4 is 5.32 Å². The highest BCUT2D eigenvalue weighted by Crippen LogP contribution is 2.28. The van der Waals surface area contributed by atoms with Crippen LogP contribution in [0.25, 0.3) is 10.4 Å². The Bertz CT molecular complexity index is 568. The summed E-state index contributed by atoms with van der Waals surface area (Å²) in [4.78, 5) is 5.88. The zero-order valence-electron chi connectivity index (χ0n) is 12.8. The first-order chi connectivity index (χ1) is 10.3. The van der Waals surface area contributed by atoms with Crippen LogP contribution in [0.3, 0.4) is 0 Å². The molecule has 1 aromatic carbocycles. The van der Waals surface area contributed by atoms with Crippen molar-refractivity contribution in [2.24, 2.45) is 0 Å². The van der Waals surface area contributed by atoms with Gasteiger partial charge in [0.2, 0.25) is 0 Å². The molecule has 0 bridgehead atoms. The molecule has 0 amide bonds. The Labute approximate surface area is 131 Å². The lowest BCUT2D eigenvalue weighted by molar-refractivity contribution is 0.458. The molecule has 1 heterocycles. The number of aryl methyl sites for hydroxylation is 1. The molecular weight excluding hydrogens is 276 g/mol. The van der Waals surface area contributed by atoms with Gasteiger partial charge in [-0.05, 0) is 30.9 Å². The van der Waals surface area contributed by atoms with Crippen molar-refractivity contribution in [3.05, 3.63) is 41.0 Å². The van der Waals surface area contributed by atoms with Crippen molar-refractivity contribution in [2.75, 3.05) is 0 Å². The summed E-state index contributed by atoms with van der Waals surface area (Å²) in [5.74, 6) is 0. The summed E-state index contributed by atoms with van der Waals surface area (Å²) in [5, 5.41) is 4.91. The third kappa shape index (κ3) is 3.92. The number of thiazole rings is 1. The molecule has 112 valence electrons. The summed E-state index contributed by atoms with van der Waals surface area (Å²) in [5.41, 5.74) is 2.64. The molecular formula is C18H24N2S. The van der Waals surface area contributed by atoms with Crippen LogP contribution in [0.1, 0.15) is 49.1 Å². The van der Waals surface area contributed by atoms with Gasteiger partial charge >= 0.3 is 0 Å². The monoisotopic (exact) mass is 300 g/mol. The molecule has 3 heteroatoms. The minimum absolute atomic E-state index is 0.693. The summed E-state index contributed by atoms with van der Waals surface area (Å²) in [7, 11) is 0. The van der Waals surface area contributed by atoms with Gasteiger partial charge in [-0.2, -0.15) is 0 Å². The molecule has 1 aromatic heterocycles. The first kappa shape index (κ1) is 14.7. The van der Waals surface area contributed by atoms with Crippen LogP contribution in [0.5, 0.6) is 0 Å². The molecule has 0 spiro atoms. The highest BCUT2D eigenvalue weighted by atomic mass is 32.1. The van der Waals surface area contributed by atoms with Gasteiger partial charge in [0.1, 0.15) is 5.01 Å². The highest BCUT2D eigenvalue weighted by molar-refractivity contribution is 7.15. The zero-order chi connectivity index (χ0) is 14.5. The summed E-state index contributed by atoms with van der Waals surface area (Å²) in [6, 6.07) is 9.24. The third-order valence-electron chi connectivity index (χ3n) is 4.36. The Balaban J connectivity index is 1.61. The molecule has 0 radical (unpaired) electrons. The average molecular weight is 300 g/mol. The van der Waals surface area contributed by atoms with Gasteiger partial charge in [0, 0.05) is 18.8 Å². The van der Waals surface area contributed by atoms with Gasteiger partial charge in [-0.1, -0.05) is 49.9 Å². The Kier molecular flexibility index (Phi) is 5.04. The van der Waals surface area contributed by atoms with E-state index in [0.717, 1.165) is 6.54 Å². The zero-order valence-corrected chi connectivity index (χ0v) is 13.6. The number of nitrogens with zero attached hydrogens (tertiary/aromatic N) is 1. The van der Waals surface area contributed by atoms with E-state index in [2.05, 4.69) is 41.5 Å². The summed E-state index contributed by atoms with van der Waals surface area (Å²) < 4.78 is 0. The van der Waals surface area contributed by atoms with Gasteiger partial charge in [0.05, 0.1) is 4.88 Å². The molecule has 21 heavy (non-hydrogen) atoms. The molecule has 3 rings (SSSR count). The maximum atomic E-state index is 4.60. The minimum Gasteiger partial charge on any atom is -0.308 e. The number of benzene rings is 1. The summed E-state index contributed by atoms with van der Waals surface area (Å²) in [6.07, 6.45) is 10.3. The second-order valence-corrected chi connectivity index (χ2v) is 7.12. The van der Waals surface area contributed by atoms with E-state index >= 15 is 0 Å². The quantitative estimate of drug-likeness (QED) is 0.810. The molecule has 2 aromatic rings. The molecule has 0 atom stereocenters. The number of nitrogens with one attached hydrogen (secondary N) is 1. The van der Waals surface area contributed by atoms with Gasteiger partial charge < -0.3 is 5.32 Å². The van der Waals surface area contributed by atoms with Crippen LogP contribution in [-0.2, 0) is 6.54 Å². The topological polar surface area (TPSA) is 24.9 Å². The van der Waals surface area contributed by atoms with Crippen LogP contribution in [0, 0.1) is 6.92 Å².